The zero-order chi connectivity index (χ0) is 19.4. The molecular formula is C20H20N4O3S. The molecule has 1 fully saturated rings. The standard InChI is InChI=1S/C20H20N4O3S/c25-28(26,17-6-2-1-3-7-17)15-16-5-4-8-18(22-16)20-21-10-9-19(23-20)24-11-13-27-14-12-24/h1-10H,11-15H2. The molecule has 3 heterocycles. The highest BCUT2D eigenvalue weighted by Crippen LogP contribution is 2.20. The Morgan fingerprint density at radius 1 is 0.929 bits per heavy atom. The maximum Gasteiger partial charge on any atom is 0.184 e. The van der Waals surface area contributed by atoms with Crippen LogP contribution in [0.2, 0.25) is 0 Å². The summed E-state index contributed by atoms with van der Waals surface area (Å²) in [7, 11) is -3.46. The first kappa shape index (κ1) is 18.5. The van der Waals surface area contributed by atoms with E-state index in [1.165, 1.54) is 0 Å². The molecule has 0 amide bonds. The van der Waals surface area contributed by atoms with E-state index in [2.05, 4.69) is 19.9 Å². The Balaban J connectivity index is 1.59. The summed E-state index contributed by atoms with van der Waals surface area (Å²) < 4.78 is 30.6. The molecule has 0 atom stereocenters. The Kier molecular flexibility index (Phi) is 5.31. The number of morpholine rings is 1. The summed E-state index contributed by atoms with van der Waals surface area (Å²) in [5.41, 5.74) is 1.01. The molecule has 0 unspecified atom stereocenters. The monoisotopic (exact) mass is 396 g/mol. The van der Waals surface area contributed by atoms with E-state index < -0.39 is 9.84 Å². The molecule has 0 saturated carbocycles. The third-order valence-electron chi connectivity index (χ3n) is 4.45. The summed E-state index contributed by atoms with van der Waals surface area (Å²) >= 11 is 0. The van der Waals surface area contributed by atoms with E-state index in [-0.39, 0.29) is 10.6 Å². The molecule has 1 saturated heterocycles. The summed E-state index contributed by atoms with van der Waals surface area (Å²) in [5.74, 6) is 1.12. The van der Waals surface area contributed by atoms with Crippen molar-refractivity contribution in [3.8, 4) is 11.5 Å². The average Bonchev–Trinajstić information content (AvgIpc) is 2.75. The molecule has 3 aromatic rings. The number of pyridine rings is 1. The smallest absolute Gasteiger partial charge is 0.184 e. The summed E-state index contributed by atoms with van der Waals surface area (Å²) in [4.78, 5) is 15.8. The molecule has 8 heteroatoms. The lowest BCUT2D eigenvalue weighted by Gasteiger charge is -2.27. The van der Waals surface area contributed by atoms with Crippen LogP contribution in [0.4, 0.5) is 5.82 Å². The molecule has 7 nitrogen and oxygen atoms in total. The Morgan fingerprint density at radius 3 is 2.50 bits per heavy atom. The number of aromatic nitrogens is 3. The summed E-state index contributed by atoms with van der Waals surface area (Å²) in [5, 5.41) is 0. The maximum absolute atomic E-state index is 12.6. The van der Waals surface area contributed by atoms with Crippen LogP contribution in [0.3, 0.4) is 0 Å². The first-order chi connectivity index (χ1) is 13.6. The van der Waals surface area contributed by atoms with Crippen molar-refractivity contribution in [1.29, 1.82) is 0 Å². The molecule has 1 aliphatic heterocycles. The van der Waals surface area contributed by atoms with Crippen molar-refractivity contribution >= 4 is 15.7 Å². The van der Waals surface area contributed by atoms with E-state index in [4.69, 9.17) is 4.74 Å². The summed E-state index contributed by atoms with van der Waals surface area (Å²) in [6, 6.07) is 15.5. The van der Waals surface area contributed by atoms with E-state index in [0.29, 0.717) is 30.4 Å². The van der Waals surface area contributed by atoms with Gasteiger partial charge in [0.25, 0.3) is 0 Å². The van der Waals surface area contributed by atoms with E-state index in [1.807, 2.05) is 6.07 Å². The lowest BCUT2D eigenvalue weighted by atomic mass is 10.3. The lowest BCUT2D eigenvalue weighted by Crippen LogP contribution is -2.36. The molecule has 1 aliphatic rings. The third-order valence-corrected chi connectivity index (χ3v) is 6.12. The molecule has 0 radical (unpaired) electrons. The third kappa shape index (κ3) is 4.18. The first-order valence-electron chi connectivity index (χ1n) is 9.02. The van der Waals surface area contributed by atoms with Gasteiger partial charge in [0.05, 0.1) is 29.6 Å². The minimum Gasteiger partial charge on any atom is -0.378 e. The van der Waals surface area contributed by atoms with Gasteiger partial charge in [-0.15, -0.1) is 0 Å². The number of rotatable bonds is 5. The highest BCUT2D eigenvalue weighted by molar-refractivity contribution is 7.90. The molecule has 144 valence electrons. The van der Waals surface area contributed by atoms with Gasteiger partial charge in [-0.25, -0.2) is 23.4 Å². The van der Waals surface area contributed by atoms with Gasteiger partial charge in [0.2, 0.25) is 0 Å². The molecule has 0 bridgehead atoms. The Labute approximate surface area is 164 Å². The van der Waals surface area contributed by atoms with E-state index in [9.17, 15) is 8.42 Å². The van der Waals surface area contributed by atoms with Crippen LogP contribution in [0.15, 0.2) is 65.7 Å². The summed E-state index contributed by atoms with van der Waals surface area (Å²) in [6.45, 7) is 2.90. The van der Waals surface area contributed by atoms with Crippen LogP contribution in [0, 0.1) is 0 Å². The van der Waals surface area contributed by atoms with E-state index in [0.717, 1.165) is 18.9 Å². The van der Waals surface area contributed by atoms with Crippen molar-refractivity contribution in [3.05, 3.63) is 66.5 Å². The maximum atomic E-state index is 12.6. The summed E-state index contributed by atoms with van der Waals surface area (Å²) in [6.07, 6.45) is 1.70. The SMILES string of the molecule is O=S(=O)(Cc1cccc(-c2nccc(N3CCOCC3)n2)n1)c1ccccc1. The molecule has 1 aromatic carbocycles. The van der Waals surface area contributed by atoms with Crippen LogP contribution in [0.5, 0.6) is 0 Å². The van der Waals surface area contributed by atoms with Gasteiger partial charge in [-0.2, -0.15) is 0 Å². The second-order valence-electron chi connectivity index (χ2n) is 6.42. The predicted molar refractivity (Wildman–Crippen MR) is 106 cm³/mol. The number of ether oxygens (including phenoxy) is 1. The predicted octanol–water partition coefficient (Wildman–Crippen LogP) is 2.35. The number of sulfone groups is 1. The van der Waals surface area contributed by atoms with E-state index in [1.54, 1.807) is 54.7 Å². The highest BCUT2D eigenvalue weighted by Gasteiger charge is 2.17. The second-order valence-corrected chi connectivity index (χ2v) is 8.41. The molecule has 4 rings (SSSR count). The van der Waals surface area contributed by atoms with Gasteiger partial charge < -0.3 is 9.64 Å². The first-order valence-corrected chi connectivity index (χ1v) is 10.7. The van der Waals surface area contributed by atoms with Crippen LogP contribution in [-0.2, 0) is 20.3 Å². The van der Waals surface area contributed by atoms with Crippen molar-refractivity contribution < 1.29 is 13.2 Å². The van der Waals surface area contributed by atoms with E-state index >= 15 is 0 Å². The van der Waals surface area contributed by atoms with Crippen molar-refractivity contribution in [1.82, 2.24) is 15.0 Å². The van der Waals surface area contributed by atoms with Crippen molar-refractivity contribution in [2.24, 2.45) is 0 Å². The second kappa shape index (κ2) is 8.04. The zero-order valence-electron chi connectivity index (χ0n) is 15.2. The molecule has 28 heavy (non-hydrogen) atoms. The molecule has 0 N–H and O–H groups in total. The topological polar surface area (TPSA) is 85.3 Å². The van der Waals surface area contributed by atoms with Crippen molar-refractivity contribution in [2.75, 3.05) is 31.2 Å². The van der Waals surface area contributed by atoms with Gasteiger partial charge >= 0.3 is 0 Å². The number of hydrogen-bond acceptors (Lipinski definition) is 7. The average molecular weight is 396 g/mol. The van der Waals surface area contributed by atoms with Crippen molar-refractivity contribution in [3.63, 3.8) is 0 Å². The van der Waals surface area contributed by atoms with Gasteiger partial charge in [-0.1, -0.05) is 24.3 Å². The van der Waals surface area contributed by atoms with Gasteiger partial charge in [-0.3, -0.25) is 0 Å². The zero-order valence-corrected chi connectivity index (χ0v) is 16.0. The Hall–Kier alpha value is -2.84. The lowest BCUT2D eigenvalue weighted by molar-refractivity contribution is 0.122. The fourth-order valence-corrected chi connectivity index (χ4v) is 4.32. The number of hydrogen-bond donors (Lipinski definition) is 0. The minimum absolute atomic E-state index is 0.173. The Morgan fingerprint density at radius 2 is 1.71 bits per heavy atom. The number of anilines is 1. The van der Waals surface area contributed by atoms with Gasteiger partial charge in [-0.05, 0) is 30.3 Å². The van der Waals surface area contributed by atoms with Gasteiger partial charge in [0.1, 0.15) is 11.5 Å². The van der Waals surface area contributed by atoms with Crippen LogP contribution >= 0.6 is 0 Å². The van der Waals surface area contributed by atoms with Crippen LogP contribution in [0.1, 0.15) is 5.69 Å². The minimum atomic E-state index is -3.46. The fourth-order valence-electron chi connectivity index (χ4n) is 3.03. The molecule has 0 aliphatic carbocycles. The number of nitrogens with zero attached hydrogens (tertiary/aromatic N) is 4. The quantitative estimate of drug-likeness (QED) is 0.654. The molecule has 0 spiro atoms. The Bertz CT molecular complexity index is 1050. The molecule has 2 aromatic heterocycles. The van der Waals surface area contributed by atoms with Crippen LogP contribution in [0.25, 0.3) is 11.5 Å². The number of benzene rings is 1. The van der Waals surface area contributed by atoms with Gasteiger partial charge in [0.15, 0.2) is 15.7 Å². The molecular weight excluding hydrogens is 376 g/mol. The van der Waals surface area contributed by atoms with Crippen LogP contribution < -0.4 is 4.90 Å². The fraction of sp³-hybridized carbons (Fsp3) is 0.250. The normalized spacial score (nSPS) is 14.8. The highest BCUT2D eigenvalue weighted by atomic mass is 32.2. The van der Waals surface area contributed by atoms with Crippen molar-refractivity contribution in [2.45, 2.75) is 10.6 Å². The van der Waals surface area contributed by atoms with Gasteiger partial charge in [0, 0.05) is 19.3 Å². The van der Waals surface area contributed by atoms with Crippen LogP contribution in [-0.4, -0.2) is 49.7 Å². The largest absolute Gasteiger partial charge is 0.378 e.